The second kappa shape index (κ2) is 8.69. The lowest BCUT2D eigenvalue weighted by molar-refractivity contribution is 0.0998. The summed E-state index contributed by atoms with van der Waals surface area (Å²) in [4.78, 5) is 17.8. The molecule has 6 nitrogen and oxygen atoms in total. The van der Waals surface area contributed by atoms with Gasteiger partial charge in [-0.3, -0.25) is 9.10 Å². The summed E-state index contributed by atoms with van der Waals surface area (Å²) in [6, 6.07) is 17.3. The summed E-state index contributed by atoms with van der Waals surface area (Å²) >= 11 is 7.65. The van der Waals surface area contributed by atoms with Gasteiger partial charge in [0.05, 0.1) is 20.8 Å². The highest BCUT2D eigenvalue weighted by atomic mass is 35.5. The molecule has 34 heavy (non-hydrogen) atoms. The Kier molecular flexibility index (Phi) is 5.83. The Bertz CT molecular complexity index is 1600. The molecule has 1 aromatic heterocycles. The summed E-state index contributed by atoms with van der Waals surface area (Å²) in [6.07, 6.45) is 1.63. The second-order valence-electron chi connectivity index (χ2n) is 8.21. The standard InChI is InChI=1S/C25H22ClN3O3S2/c1-16-20(26)13-14-22-23(16)28(2)25(33-22)27-24(30)18-9-11-19(12-10-18)34(31,32)29-15-5-7-17-6-3-4-8-21(17)29/h3-4,6,8-14H,5,7,15H2,1-2H3. The molecule has 5 rings (SSSR count). The molecule has 0 saturated heterocycles. The van der Waals surface area contributed by atoms with Crippen LogP contribution in [0.3, 0.4) is 0 Å². The number of para-hydroxylation sites is 1. The zero-order valence-corrected chi connectivity index (χ0v) is 21.0. The molecule has 0 aliphatic carbocycles. The van der Waals surface area contributed by atoms with E-state index in [4.69, 9.17) is 11.6 Å². The lowest BCUT2D eigenvalue weighted by Crippen LogP contribution is -2.35. The molecule has 1 amide bonds. The van der Waals surface area contributed by atoms with Crippen LogP contribution in [0.1, 0.15) is 27.9 Å². The van der Waals surface area contributed by atoms with E-state index in [2.05, 4.69) is 4.99 Å². The fourth-order valence-electron chi connectivity index (χ4n) is 4.31. The van der Waals surface area contributed by atoms with Gasteiger partial charge in [-0.15, -0.1) is 0 Å². The van der Waals surface area contributed by atoms with Gasteiger partial charge in [0, 0.05) is 24.2 Å². The van der Waals surface area contributed by atoms with Gasteiger partial charge in [0.1, 0.15) is 0 Å². The van der Waals surface area contributed by atoms with E-state index in [-0.39, 0.29) is 4.90 Å². The maximum Gasteiger partial charge on any atom is 0.279 e. The van der Waals surface area contributed by atoms with E-state index >= 15 is 0 Å². The largest absolute Gasteiger partial charge is 0.319 e. The molecule has 0 spiro atoms. The highest BCUT2D eigenvalue weighted by Gasteiger charge is 2.29. The molecule has 9 heteroatoms. The summed E-state index contributed by atoms with van der Waals surface area (Å²) in [5, 5.41) is 0.659. The Morgan fingerprint density at radius 1 is 1.06 bits per heavy atom. The molecule has 0 fully saturated rings. The summed E-state index contributed by atoms with van der Waals surface area (Å²) in [5.74, 6) is -0.432. The van der Waals surface area contributed by atoms with E-state index in [1.54, 1.807) is 0 Å². The van der Waals surface area contributed by atoms with Crippen LogP contribution in [-0.4, -0.2) is 25.4 Å². The number of fused-ring (bicyclic) bond motifs is 2. The minimum Gasteiger partial charge on any atom is -0.319 e. The fraction of sp³-hybridized carbons (Fsp3) is 0.200. The lowest BCUT2D eigenvalue weighted by Gasteiger charge is -2.30. The average molecular weight is 512 g/mol. The van der Waals surface area contributed by atoms with Crippen molar-refractivity contribution in [2.45, 2.75) is 24.7 Å². The van der Waals surface area contributed by atoms with E-state index in [0.717, 1.165) is 39.9 Å². The molecule has 2 heterocycles. The molecule has 4 aromatic rings. The zero-order chi connectivity index (χ0) is 24.0. The minimum atomic E-state index is -3.73. The smallest absolute Gasteiger partial charge is 0.279 e. The first-order valence-electron chi connectivity index (χ1n) is 10.8. The molecule has 0 atom stereocenters. The molecular weight excluding hydrogens is 490 g/mol. The van der Waals surface area contributed by atoms with Gasteiger partial charge >= 0.3 is 0 Å². The molecule has 0 bridgehead atoms. The monoisotopic (exact) mass is 511 g/mol. The van der Waals surface area contributed by atoms with Gasteiger partial charge in [0.15, 0.2) is 4.80 Å². The van der Waals surface area contributed by atoms with Crippen LogP contribution in [-0.2, 0) is 23.5 Å². The number of hydrogen-bond acceptors (Lipinski definition) is 4. The highest BCUT2D eigenvalue weighted by molar-refractivity contribution is 7.92. The van der Waals surface area contributed by atoms with E-state index in [9.17, 15) is 13.2 Å². The van der Waals surface area contributed by atoms with Crippen molar-refractivity contribution in [3.8, 4) is 0 Å². The predicted molar refractivity (Wildman–Crippen MR) is 136 cm³/mol. The number of anilines is 1. The van der Waals surface area contributed by atoms with Crippen LogP contribution >= 0.6 is 22.9 Å². The molecule has 0 radical (unpaired) electrons. The third-order valence-electron chi connectivity index (χ3n) is 6.11. The topological polar surface area (TPSA) is 71.7 Å². The van der Waals surface area contributed by atoms with Crippen LogP contribution in [0.5, 0.6) is 0 Å². The maximum atomic E-state index is 13.3. The zero-order valence-electron chi connectivity index (χ0n) is 18.7. The first kappa shape index (κ1) is 22.8. The number of aryl methyl sites for hydroxylation is 3. The van der Waals surface area contributed by atoms with Crippen LogP contribution in [0, 0.1) is 6.92 Å². The number of thiazole rings is 1. The van der Waals surface area contributed by atoms with Crippen molar-refractivity contribution in [1.82, 2.24) is 4.57 Å². The molecule has 0 saturated carbocycles. The summed E-state index contributed by atoms with van der Waals surface area (Å²) in [7, 11) is -1.89. The number of carbonyl (C=O) groups excluding carboxylic acids is 1. The van der Waals surface area contributed by atoms with Crippen LogP contribution in [0.4, 0.5) is 5.69 Å². The van der Waals surface area contributed by atoms with E-state index in [0.29, 0.717) is 21.9 Å². The Hall–Kier alpha value is -2.94. The number of hydrogen-bond donors (Lipinski definition) is 0. The first-order valence-corrected chi connectivity index (χ1v) is 13.5. The summed E-state index contributed by atoms with van der Waals surface area (Å²) in [6.45, 7) is 2.37. The van der Waals surface area contributed by atoms with Gasteiger partial charge in [0.2, 0.25) is 0 Å². The molecule has 1 aliphatic heterocycles. The van der Waals surface area contributed by atoms with Gasteiger partial charge in [-0.1, -0.05) is 41.1 Å². The number of carbonyl (C=O) groups is 1. The SMILES string of the molecule is Cc1c(Cl)ccc2sc(=NC(=O)c3ccc(S(=O)(=O)N4CCCc5ccccc54)cc3)n(C)c12. The van der Waals surface area contributed by atoms with Gasteiger partial charge in [-0.05, 0) is 73.4 Å². The fourth-order valence-corrected chi connectivity index (χ4v) is 7.08. The number of amides is 1. The van der Waals surface area contributed by atoms with Gasteiger partial charge < -0.3 is 4.57 Å². The number of aromatic nitrogens is 1. The lowest BCUT2D eigenvalue weighted by atomic mass is 10.0. The van der Waals surface area contributed by atoms with Crippen molar-refractivity contribution in [2.24, 2.45) is 12.0 Å². The van der Waals surface area contributed by atoms with E-state index in [1.165, 1.54) is 39.9 Å². The first-order chi connectivity index (χ1) is 16.3. The highest BCUT2D eigenvalue weighted by Crippen LogP contribution is 2.32. The van der Waals surface area contributed by atoms with Crippen molar-refractivity contribution in [3.05, 3.63) is 87.2 Å². The van der Waals surface area contributed by atoms with Gasteiger partial charge in [-0.25, -0.2) is 8.42 Å². The van der Waals surface area contributed by atoms with Crippen molar-refractivity contribution >= 4 is 54.8 Å². The number of halogens is 1. The normalized spacial score (nSPS) is 14.4. The van der Waals surface area contributed by atoms with Crippen LogP contribution < -0.4 is 9.11 Å². The Balaban J connectivity index is 1.46. The Morgan fingerprint density at radius 2 is 1.79 bits per heavy atom. The van der Waals surface area contributed by atoms with Crippen molar-refractivity contribution in [2.75, 3.05) is 10.8 Å². The minimum absolute atomic E-state index is 0.151. The molecule has 174 valence electrons. The van der Waals surface area contributed by atoms with Crippen LogP contribution in [0.25, 0.3) is 10.2 Å². The molecule has 3 aromatic carbocycles. The number of rotatable bonds is 3. The third-order valence-corrected chi connectivity index (χ3v) is 9.44. The molecule has 0 N–H and O–H groups in total. The predicted octanol–water partition coefficient (Wildman–Crippen LogP) is 5.08. The van der Waals surface area contributed by atoms with Crippen molar-refractivity contribution in [3.63, 3.8) is 0 Å². The second-order valence-corrected chi connectivity index (χ2v) is 11.5. The number of sulfonamides is 1. The maximum absolute atomic E-state index is 13.3. The summed E-state index contributed by atoms with van der Waals surface area (Å²) < 4.78 is 31.0. The molecule has 0 unspecified atom stereocenters. The van der Waals surface area contributed by atoms with Gasteiger partial charge in [0.25, 0.3) is 15.9 Å². The molecular formula is C25H22ClN3O3S2. The molecule has 1 aliphatic rings. The Labute approximate surface area is 206 Å². The van der Waals surface area contributed by atoms with Crippen molar-refractivity contribution in [1.29, 1.82) is 0 Å². The Morgan fingerprint density at radius 3 is 2.56 bits per heavy atom. The van der Waals surface area contributed by atoms with Crippen molar-refractivity contribution < 1.29 is 13.2 Å². The van der Waals surface area contributed by atoms with E-state index in [1.807, 2.05) is 54.9 Å². The summed E-state index contributed by atoms with van der Waals surface area (Å²) in [5.41, 5.74) is 3.94. The third kappa shape index (κ3) is 3.85. The number of nitrogens with zero attached hydrogens (tertiary/aromatic N) is 3. The van der Waals surface area contributed by atoms with Crippen LogP contribution in [0.15, 0.2) is 70.6 Å². The van der Waals surface area contributed by atoms with E-state index < -0.39 is 15.9 Å². The van der Waals surface area contributed by atoms with Gasteiger partial charge in [-0.2, -0.15) is 4.99 Å². The van der Waals surface area contributed by atoms with Crippen LogP contribution in [0.2, 0.25) is 5.02 Å². The average Bonchev–Trinajstić information content (AvgIpc) is 3.16. The quantitative estimate of drug-likeness (QED) is 0.385. The number of benzene rings is 3.